The van der Waals surface area contributed by atoms with Crippen LogP contribution in [0.25, 0.3) is 0 Å². The van der Waals surface area contributed by atoms with E-state index in [9.17, 15) is 9.90 Å². The molecule has 4 N–H and O–H groups in total. The number of nitrogens with two attached hydrogens (primary N) is 1. The summed E-state index contributed by atoms with van der Waals surface area (Å²) < 4.78 is 0. The lowest BCUT2D eigenvalue weighted by Crippen LogP contribution is -2.21. The number of carbonyl (C=O) groups is 1. The standard InChI is InChI=1S/C14H20N2O2/c1-16-14(18)12-8-10(4-7-13(12)15)9-2-5-11(17)6-3-9/h4,7-9,11,17H,2-3,5-6,15H2,1H3,(H,16,18). The normalized spacial score (nSPS) is 23.7. The molecular formula is C14H20N2O2. The maximum atomic E-state index is 11.7. The molecule has 0 aliphatic heterocycles. The van der Waals surface area contributed by atoms with Gasteiger partial charge in [0.2, 0.25) is 0 Å². The fourth-order valence-electron chi connectivity index (χ4n) is 2.57. The summed E-state index contributed by atoms with van der Waals surface area (Å²) in [6, 6.07) is 5.67. The molecule has 0 atom stereocenters. The van der Waals surface area contributed by atoms with E-state index in [4.69, 9.17) is 5.73 Å². The molecule has 1 aromatic rings. The molecule has 1 aliphatic carbocycles. The Morgan fingerprint density at radius 2 is 2.00 bits per heavy atom. The van der Waals surface area contributed by atoms with Gasteiger partial charge in [0.25, 0.3) is 5.91 Å². The molecule has 0 saturated heterocycles. The Morgan fingerprint density at radius 1 is 1.33 bits per heavy atom. The van der Waals surface area contributed by atoms with Crippen molar-refractivity contribution in [2.45, 2.75) is 37.7 Å². The van der Waals surface area contributed by atoms with Gasteiger partial charge in [-0.15, -0.1) is 0 Å². The summed E-state index contributed by atoms with van der Waals surface area (Å²) in [6.45, 7) is 0. The van der Waals surface area contributed by atoms with Gasteiger partial charge in [0, 0.05) is 12.7 Å². The van der Waals surface area contributed by atoms with Crippen molar-refractivity contribution in [3.05, 3.63) is 29.3 Å². The molecule has 18 heavy (non-hydrogen) atoms. The van der Waals surface area contributed by atoms with E-state index in [1.54, 1.807) is 13.1 Å². The van der Waals surface area contributed by atoms with Gasteiger partial charge < -0.3 is 16.2 Å². The SMILES string of the molecule is CNC(=O)c1cc(C2CCC(O)CC2)ccc1N. The Kier molecular flexibility index (Phi) is 3.87. The van der Waals surface area contributed by atoms with Crippen LogP contribution >= 0.6 is 0 Å². The Labute approximate surface area is 107 Å². The Balaban J connectivity index is 2.21. The number of rotatable bonds is 2. The average Bonchev–Trinajstić information content (AvgIpc) is 2.39. The van der Waals surface area contributed by atoms with E-state index in [-0.39, 0.29) is 12.0 Å². The van der Waals surface area contributed by atoms with Gasteiger partial charge in [0.05, 0.1) is 11.7 Å². The fraction of sp³-hybridized carbons (Fsp3) is 0.500. The zero-order valence-corrected chi connectivity index (χ0v) is 10.6. The van der Waals surface area contributed by atoms with Crippen molar-refractivity contribution in [1.82, 2.24) is 5.32 Å². The lowest BCUT2D eigenvalue weighted by molar-refractivity contribution is 0.0963. The monoisotopic (exact) mass is 248 g/mol. The molecule has 2 rings (SSSR count). The van der Waals surface area contributed by atoms with Crippen molar-refractivity contribution in [2.24, 2.45) is 0 Å². The van der Waals surface area contributed by atoms with Crippen LogP contribution in [0.1, 0.15) is 47.5 Å². The van der Waals surface area contributed by atoms with Gasteiger partial charge in [-0.1, -0.05) is 6.07 Å². The summed E-state index contributed by atoms with van der Waals surface area (Å²) in [7, 11) is 1.60. The molecule has 1 saturated carbocycles. The van der Waals surface area contributed by atoms with Gasteiger partial charge in [-0.2, -0.15) is 0 Å². The van der Waals surface area contributed by atoms with Crippen LogP contribution in [0.5, 0.6) is 0 Å². The van der Waals surface area contributed by atoms with E-state index in [0.29, 0.717) is 17.2 Å². The molecule has 0 radical (unpaired) electrons. The Hall–Kier alpha value is -1.55. The van der Waals surface area contributed by atoms with Gasteiger partial charge in [-0.3, -0.25) is 4.79 Å². The summed E-state index contributed by atoms with van der Waals surface area (Å²) in [5.74, 6) is 0.280. The highest BCUT2D eigenvalue weighted by molar-refractivity contribution is 5.99. The van der Waals surface area contributed by atoms with Gasteiger partial charge in [0.1, 0.15) is 0 Å². The van der Waals surface area contributed by atoms with E-state index >= 15 is 0 Å². The van der Waals surface area contributed by atoms with Gasteiger partial charge >= 0.3 is 0 Å². The first-order valence-corrected chi connectivity index (χ1v) is 6.41. The molecular weight excluding hydrogens is 228 g/mol. The molecule has 4 heteroatoms. The number of hydrogen-bond acceptors (Lipinski definition) is 3. The van der Waals surface area contributed by atoms with E-state index in [2.05, 4.69) is 5.32 Å². The highest BCUT2D eigenvalue weighted by Crippen LogP contribution is 2.33. The number of hydrogen-bond donors (Lipinski definition) is 3. The van der Waals surface area contributed by atoms with Crippen LogP contribution in [-0.2, 0) is 0 Å². The first kappa shape index (κ1) is 12.9. The third-order valence-corrected chi connectivity index (χ3v) is 3.72. The predicted octanol–water partition coefficient (Wildman–Crippen LogP) is 1.65. The van der Waals surface area contributed by atoms with E-state index in [1.165, 1.54) is 0 Å². The summed E-state index contributed by atoms with van der Waals surface area (Å²) >= 11 is 0. The second kappa shape index (κ2) is 5.40. The molecule has 0 spiro atoms. The zero-order chi connectivity index (χ0) is 13.1. The van der Waals surface area contributed by atoms with Crippen molar-refractivity contribution in [3.8, 4) is 0 Å². The number of aliphatic hydroxyl groups excluding tert-OH is 1. The van der Waals surface area contributed by atoms with Crippen LogP contribution in [0.4, 0.5) is 5.69 Å². The Bertz CT molecular complexity index is 437. The van der Waals surface area contributed by atoms with Crippen LogP contribution in [0.15, 0.2) is 18.2 Å². The minimum absolute atomic E-state index is 0.148. The van der Waals surface area contributed by atoms with Crippen LogP contribution < -0.4 is 11.1 Å². The van der Waals surface area contributed by atoms with Crippen LogP contribution in [-0.4, -0.2) is 24.2 Å². The highest BCUT2D eigenvalue weighted by Gasteiger charge is 2.21. The quantitative estimate of drug-likeness (QED) is 0.696. The number of anilines is 1. The predicted molar refractivity (Wildman–Crippen MR) is 71.5 cm³/mol. The minimum Gasteiger partial charge on any atom is -0.398 e. The third-order valence-electron chi connectivity index (χ3n) is 3.72. The Morgan fingerprint density at radius 3 is 2.61 bits per heavy atom. The van der Waals surface area contributed by atoms with Crippen molar-refractivity contribution in [2.75, 3.05) is 12.8 Å². The van der Waals surface area contributed by atoms with Crippen LogP contribution in [0.2, 0.25) is 0 Å². The minimum atomic E-state index is -0.159. The summed E-state index contributed by atoms with van der Waals surface area (Å²) in [5, 5.41) is 12.1. The van der Waals surface area contributed by atoms with Gasteiger partial charge in [0.15, 0.2) is 0 Å². The van der Waals surface area contributed by atoms with E-state index in [1.807, 2.05) is 12.1 Å². The molecule has 98 valence electrons. The second-order valence-corrected chi connectivity index (χ2v) is 4.93. The molecule has 0 aromatic heterocycles. The number of amides is 1. The van der Waals surface area contributed by atoms with Crippen molar-refractivity contribution in [1.29, 1.82) is 0 Å². The molecule has 1 fully saturated rings. The average molecular weight is 248 g/mol. The van der Waals surface area contributed by atoms with Crippen LogP contribution in [0, 0.1) is 0 Å². The van der Waals surface area contributed by atoms with Crippen molar-refractivity contribution < 1.29 is 9.90 Å². The van der Waals surface area contributed by atoms with Crippen molar-refractivity contribution >= 4 is 11.6 Å². The van der Waals surface area contributed by atoms with E-state index in [0.717, 1.165) is 31.2 Å². The lowest BCUT2D eigenvalue weighted by atomic mass is 9.82. The molecule has 0 bridgehead atoms. The summed E-state index contributed by atoms with van der Waals surface area (Å²) in [4.78, 5) is 11.7. The molecule has 4 nitrogen and oxygen atoms in total. The first-order valence-electron chi connectivity index (χ1n) is 6.41. The number of nitrogens with one attached hydrogen (secondary N) is 1. The lowest BCUT2D eigenvalue weighted by Gasteiger charge is -2.26. The molecule has 1 amide bonds. The topological polar surface area (TPSA) is 75.3 Å². The number of carbonyl (C=O) groups excluding carboxylic acids is 1. The summed E-state index contributed by atoms with van der Waals surface area (Å²) in [5.41, 5.74) is 8.02. The molecule has 0 heterocycles. The zero-order valence-electron chi connectivity index (χ0n) is 10.6. The number of benzene rings is 1. The van der Waals surface area contributed by atoms with Crippen molar-refractivity contribution in [3.63, 3.8) is 0 Å². The molecule has 0 unspecified atom stereocenters. The maximum absolute atomic E-state index is 11.7. The van der Waals surface area contributed by atoms with Crippen LogP contribution in [0.3, 0.4) is 0 Å². The maximum Gasteiger partial charge on any atom is 0.253 e. The summed E-state index contributed by atoms with van der Waals surface area (Å²) in [6.07, 6.45) is 3.46. The molecule has 1 aliphatic rings. The first-order chi connectivity index (χ1) is 8.61. The van der Waals surface area contributed by atoms with E-state index < -0.39 is 0 Å². The third kappa shape index (κ3) is 2.64. The second-order valence-electron chi connectivity index (χ2n) is 4.93. The largest absolute Gasteiger partial charge is 0.398 e. The van der Waals surface area contributed by atoms with Gasteiger partial charge in [-0.25, -0.2) is 0 Å². The smallest absolute Gasteiger partial charge is 0.253 e. The highest BCUT2D eigenvalue weighted by atomic mass is 16.3. The molecule has 1 aromatic carbocycles. The fourth-order valence-corrected chi connectivity index (χ4v) is 2.57. The number of aliphatic hydroxyl groups is 1. The van der Waals surface area contributed by atoms with Gasteiger partial charge in [-0.05, 0) is 49.3 Å². The number of nitrogen functional groups attached to an aromatic ring is 1.